The van der Waals surface area contributed by atoms with E-state index in [2.05, 4.69) is 5.32 Å². The topological polar surface area (TPSA) is 106 Å². The molecule has 0 saturated carbocycles. The molecule has 0 spiro atoms. The lowest BCUT2D eigenvalue weighted by Crippen LogP contribution is -2.74. The van der Waals surface area contributed by atoms with Gasteiger partial charge in [-0.25, -0.2) is 19.1 Å². The van der Waals surface area contributed by atoms with Gasteiger partial charge in [-0.3, -0.25) is 15.3 Å². The van der Waals surface area contributed by atoms with Gasteiger partial charge >= 0.3 is 53.7 Å². The maximum absolute atomic E-state index is 15.0. The first-order chi connectivity index (χ1) is 30.3. The molecule has 2 aromatic rings. The van der Waals surface area contributed by atoms with Crippen molar-refractivity contribution in [1.82, 2.24) is 5.48 Å². The van der Waals surface area contributed by atoms with Crippen LogP contribution in [-0.4, -0.2) is 86.4 Å². The van der Waals surface area contributed by atoms with E-state index in [9.17, 15) is 93.0 Å². The molecule has 0 radical (unpaired) electrons. The third kappa shape index (κ3) is 12.1. The van der Waals surface area contributed by atoms with E-state index in [1.54, 1.807) is 0 Å². The van der Waals surface area contributed by atoms with Crippen molar-refractivity contribution in [2.75, 3.05) is 18.5 Å². The van der Waals surface area contributed by atoms with Gasteiger partial charge in [0.15, 0.2) is 8.32 Å². The Kier molecular flexibility index (Phi) is 18.5. The van der Waals surface area contributed by atoms with Gasteiger partial charge in [0.2, 0.25) is 0 Å². The van der Waals surface area contributed by atoms with E-state index < -0.39 is 134 Å². The summed E-state index contributed by atoms with van der Waals surface area (Å²) in [6.07, 6.45) is -7.93. The molecule has 0 fully saturated rings. The van der Waals surface area contributed by atoms with Gasteiger partial charge in [-0.05, 0) is 47.0 Å². The van der Waals surface area contributed by atoms with E-state index in [0.29, 0.717) is 6.07 Å². The molecular formula is C39H41F19N2O6Si. The van der Waals surface area contributed by atoms with Crippen LogP contribution in [0.5, 0.6) is 5.75 Å². The molecule has 0 bridgehead atoms. The lowest BCUT2D eigenvalue weighted by Gasteiger charge is -2.44. The number of benzene rings is 2. The molecule has 67 heavy (non-hydrogen) atoms. The maximum atomic E-state index is 15.0. The second kappa shape index (κ2) is 21.3. The summed E-state index contributed by atoms with van der Waals surface area (Å²) in [4.78, 5) is 24.0. The Balaban J connectivity index is 2.32. The van der Waals surface area contributed by atoms with Gasteiger partial charge in [-0.1, -0.05) is 65.0 Å². The predicted molar refractivity (Wildman–Crippen MR) is 201 cm³/mol. The molecular weight excluding hydrogens is 981 g/mol. The van der Waals surface area contributed by atoms with Gasteiger partial charge in [0.05, 0.1) is 12.3 Å². The minimum Gasteiger partial charge on any atom is -0.491 e. The number of hydroxylamine groups is 1. The summed E-state index contributed by atoms with van der Waals surface area (Å²) in [5, 5.41) is 10.7. The Labute approximate surface area is 369 Å². The van der Waals surface area contributed by atoms with Crippen molar-refractivity contribution in [3.05, 3.63) is 84.0 Å². The minimum atomic E-state index is -8.73. The van der Waals surface area contributed by atoms with E-state index in [0.717, 1.165) is 18.2 Å². The van der Waals surface area contributed by atoms with Crippen LogP contribution in [0.4, 0.5) is 93.9 Å². The van der Waals surface area contributed by atoms with E-state index in [4.69, 9.17) is 19.1 Å². The van der Waals surface area contributed by atoms with Crippen molar-refractivity contribution in [3.63, 3.8) is 0 Å². The van der Waals surface area contributed by atoms with Crippen LogP contribution in [0.1, 0.15) is 52.7 Å². The highest BCUT2D eigenvalue weighted by Gasteiger charge is 2.95. The van der Waals surface area contributed by atoms with Crippen LogP contribution >= 0.6 is 0 Å². The SMILES string of the molecule is CC(C)[Si](CCC(F)(F)C(F)(F)C(F)(F)C(F)(F)C(F)(F)C(F)(F)C(F)(F)C(F)(F)F)(OCCOc1ccc([C@H](OC(=O)Nc2ccc(F)cc2F)[C@@H](C)/C=C/C=C/C(=O)NO)cc1)C(C)C. The average Bonchev–Trinajstić information content (AvgIpc) is 3.21. The number of hydrogen-bond donors (Lipinski definition) is 3. The number of amides is 2. The number of rotatable bonds is 23. The number of carbonyl (C=O) groups excluding carboxylic acids is 2. The monoisotopic (exact) mass is 1020 g/mol. The average molecular weight is 1020 g/mol. The Morgan fingerprint density at radius 1 is 0.687 bits per heavy atom. The zero-order chi connectivity index (χ0) is 52.0. The zero-order valence-corrected chi connectivity index (χ0v) is 36.2. The van der Waals surface area contributed by atoms with Crippen LogP contribution in [0.3, 0.4) is 0 Å². The fraction of sp³-hybridized carbons (Fsp3) is 0.538. The summed E-state index contributed by atoms with van der Waals surface area (Å²) < 4.78 is 280. The molecule has 2 rings (SSSR count). The molecule has 0 aromatic heterocycles. The van der Waals surface area contributed by atoms with Crippen molar-refractivity contribution < 1.29 is 112 Å². The number of nitrogens with one attached hydrogen (secondary N) is 2. The second-order valence-electron chi connectivity index (χ2n) is 15.3. The summed E-state index contributed by atoms with van der Waals surface area (Å²) in [5.74, 6) is -60.7. The third-order valence-electron chi connectivity index (χ3n) is 10.3. The number of anilines is 1. The van der Waals surface area contributed by atoms with E-state index in [1.807, 2.05) is 0 Å². The molecule has 8 nitrogen and oxygen atoms in total. The fourth-order valence-corrected chi connectivity index (χ4v) is 10.8. The second-order valence-corrected chi connectivity index (χ2v) is 20.3. The Hall–Kier alpha value is -4.73. The van der Waals surface area contributed by atoms with Gasteiger partial charge in [0.1, 0.15) is 30.1 Å². The van der Waals surface area contributed by atoms with Gasteiger partial charge < -0.3 is 13.9 Å². The van der Waals surface area contributed by atoms with Crippen LogP contribution in [0.15, 0.2) is 66.8 Å². The van der Waals surface area contributed by atoms with Crippen LogP contribution < -0.4 is 15.5 Å². The standard InChI is InChI=1S/C39H41F19N2O6Si/c1-21(2)67(22(3)4,19-16-32(42,43)33(44,45)34(46,47)35(48,49)36(50,51)37(52,53)38(54,55)39(56,57)58)65-18-17-64-26-13-10-24(11-14-26)30(23(5)8-6-7-9-29(61)60-63)66-31(62)59-28-15-12-25(40)20-27(28)41/h6-15,20-23,30,63H,16-19H2,1-5H3,(H,59,62)(H,60,61)/b8-6+,9-7+/t23-,30+/m0/s1. The van der Waals surface area contributed by atoms with Crippen LogP contribution in [0.25, 0.3) is 0 Å². The van der Waals surface area contributed by atoms with Crippen molar-refractivity contribution in [3.8, 4) is 5.75 Å². The number of alkyl halides is 17. The number of ether oxygens (including phenoxy) is 2. The molecule has 2 atom stereocenters. The minimum absolute atomic E-state index is 0.0242. The summed E-state index contributed by atoms with van der Waals surface area (Å²) in [6.45, 7) is 5.57. The van der Waals surface area contributed by atoms with E-state index in [1.165, 1.54) is 82.6 Å². The normalized spacial score (nSPS) is 15.1. The van der Waals surface area contributed by atoms with Gasteiger partial charge in [-0.15, -0.1) is 0 Å². The predicted octanol–water partition coefficient (Wildman–Crippen LogP) is 13.1. The first kappa shape index (κ1) is 58.4. The third-order valence-corrected chi connectivity index (χ3v) is 15.9. The first-order valence-electron chi connectivity index (χ1n) is 19.1. The largest absolute Gasteiger partial charge is 0.491 e. The van der Waals surface area contributed by atoms with E-state index in [-0.39, 0.29) is 11.3 Å². The number of hydrogen-bond acceptors (Lipinski definition) is 6. The molecule has 2 amide bonds. The molecule has 28 heteroatoms. The van der Waals surface area contributed by atoms with Gasteiger partial charge in [0.25, 0.3) is 5.91 Å². The highest BCUT2D eigenvalue weighted by molar-refractivity contribution is 6.76. The molecule has 0 unspecified atom stereocenters. The molecule has 0 saturated heterocycles. The molecule has 3 N–H and O–H groups in total. The maximum Gasteiger partial charge on any atom is 0.460 e. The Morgan fingerprint density at radius 2 is 1.19 bits per heavy atom. The number of halogens is 19. The van der Waals surface area contributed by atoms with Gasteiger partial charge in [0, 0.05) is 24.5 Å². The van der Waals surface area contributed by atoms with Crippen LogP contribution in [0.2, 0.25) is 17.1 Å². The Morgan fingerprint density at radius 3 is 1.67 bits per heavy atom. The fourth-order valence-electron chi connectivity index (χ4n) is 6.35. The van der Waals surface area contributed by atoms with Crippen molar-refractivity contribution >= 4 is 26.0 Å². The van der Waals surface area contributed by atoms with Crippen LogP contribution in [0, 0.1) is 17.6 Å². The highest BCUT2D eigenvalue weighted by atomic mass is 28.4. The van der Waals surface area contributed by atoms with Crippen molar-refractivity contribution in [1.29, 1.82) is 0 Å². The molecule has 0 aliphatic carbocycles. The van der Waals surface area contributed by atoms with Crippen molar-refractivity contribution in [2.45, 2.75) is 112 Å². The molecule has 2 aromatic carbocycles. The molecule has 380 valence electrons. The van der Waals surface area contributed by atoms with Crippen LogP contribution in [-0.2, 0) is 14.0 Å². The number of allylic oxidation sites excluding steroid dienone is 2. The molecule has 0 heterocycles. The lowest BCUT2D eigenvalue weighted by atomic mass is 9.88. The summed E-state index contributed by atoms with van der Waals surface area (Å²) >= 11 is 0. The van der Waals surface area contributed by atoms with E-state index >= 15 is 0 Å². The molecule has 0 aliphatic heterocycles. The smallest absolute Gasteiger partial charge is 0.460 e. The lowest BCUT2D eigenvalue weighted by molar-refractivity contribution is -0.461. The Bertz CT molecular complexity index is 2040. The first-order valence-corrected chi connectivity index (χ1v) is 21.4. The zero-order valence-electron chi connectivity index (χ0n) is 35.2. The summed E-state index contributed by atoms with van der Waals surface area (Å²) in [6, 6.07) is 6.18. The van der Waals surface area contributed by atoms with Crippen molar-refractivity contribution in [2.24, 2.45) is 5.92 Å². The summed E-state index contributed by atoms with van der Waals surface area (Å²) in [5.41, 5.74) is -0.714. The number of carbonyl (C=O) groups is 2. The quantitative estimate of drug-likeness (QED) is 0.0195. The summed E-state index contributed by atoms with van der Waals surface area (Å²) in [7, 11) is -4.06. The molecule has 0 aliphatic rings. The van der Waals surface area contributed by atoms with Gasteiger partial charge in [-0.2, -0.15) is 74.6 Å². The highest BCUT2D eigenvalue weighted by Crippen LogP contribution is 2.64.